The number of carbonyl (C=O) groups is 2. The molecule has 1 saturated carbocycles. The van der Waals surface area contributed by atoms with Crippen LogP contribution in [0, 0.1) is 5.41 Å². The van der Waals surface area contributed by atoms with Gasteiger partial charge in [0.05, 0.1) is 16.8 Å². The molecule has 0 aromatic heterocycles. The Morgan fingerprint density at radius 3 is 2.62 bits per heavy atom. The van der Waals surface area contributed by atoms with Gasteiger partial charge < -0.3 is 20.7 Å². The van der Waals surface area contributed by atoms with Gasteiger partial charge in [0.1, 0.15) is 6.10 Å². The molecule has 3 rings (SSSR count). The molecule has 1 aromatic carbocycles. The van der Waals surface area contributed by atoms with E-state index in [0.29, 0.717) is 0 Å². The predicted molar refractivity (Wildman–Crippen MR) is 102 cm³/mol. The number of hydrogen-bond donors (Lipinski definition) is 3. The summed E-state index contributed by atoms with van der Waals surface area (Å²) < 4.78 is 5.59. The molecule has 6 nitrogen and oxygen atoms in total. The van der Waals surface area contributed by atoms with Crippen molar-refractivity contribution in [3.8, 4) is 0 Å². The molecular weight excluding hydrogens is 330 g/mol. The molecular formula is C20H29N3O3. The van der Waals surface area contributed by atoms with Crippen molar-refractivity contribution >= 4 is 23.3 Å². The van der Waals surface area contributed by atoms with Gasteiger partial charge in [-0.3, -0.25) is 9.59 Å². The monoisotopic (exact) mass is 359 g/mol. The number of hydrogen-bond acceptors (Lipinski definition) is 5. The number of para-hydroxylation sites is 2. The van der Waals surface area contributed by atoms with Crippen LogP contribution in [0.15, 0.2) is 24.3 Å². The third-order valence-corrected chi connectivity index (χ3v) is 5.38. The molecule has 1 spiro atoms. The van der Waals surface area contributed by atoms with Crippen LogP contribution in [-0.2, 0) is 14.3 Å². The van der Waals surface area contributed by atoms with Crippen molar-refractivity contribution in [1.82, 2.24) is 5.32 Å². The zero-order valence-corrected chi connectivity index (χ0v) is 15.5. The molecule has 2 fully saturated rings. The average molecular weight is 359 g/mol. The van der Waals surface area contributed by atoms with Crippen molar-refractivity contribution in [2.45, 2.75) is 51.6 Å². The molecule has 1 unspecified atom stereocenters. The standard InChI is InChI=1S/C20H29N3O3/c1-15(24)23-18-7-3-2-6-17(18)22-13-12-21-11-8-16-14-20(19(25)26-16)9-4-5-10-20/h2-3,6-7,16,21-22H,4-5,8-14H2,1H3,(H,23,24). The highest BCUT2D eigenvalue weighted by Crippen LogP contribution is 2.48. The molecule has 1 aliphatic heterocycles. The molecule has 1 amide bonds. The summed E-state index contributed by atoms with van der Waals surface area (Å²) in [5.41, 5.74) is 1.55. The number of carbonyl (C=O) groups excluding carboxylic acids is 2. The molecule has 0 radical (unpaired) electrons. The Bertz CT molecular complexity index is 641. The van der Waals surface area contributed by atoms with Gasteiger partial charge in [0.25, 0.3) is 0 Å². The number of esters is 1. The van der Waals surface area contributed by atoms with Crippen molar-refractivity contribution in [2.24, 2.45) is 5.41 Å². The third-order valence-electron chi connectivity index (χ3n) is 5.38. The quantitative estimate of drug-likeness (QED) is 0.491. The van der Waals surface area contributed by atoms with Crippen LogP contribution in [0.5, 0.6) is 0 Å². The van der Waals surface area contributed by atoms with Crippen LogP contribution in [0.4, 0.5) is 11.4 Å². The molecule has 1 atom stereocenters. The van der Waals surface area contributed by atoms with E-state index in [1.54, 1.807) is 0 Å². The Labute approximate surface area is 155 Å². The Kier molecular flexibility index (Phi) is 6.14. The zero-order valence-electron chi connectivity index (χ0n) is 15.5. The summed E-state index contributed by atoms with van der Waals surface area (Å²) >= 11 is 0. The fourth-order valence-corrected chi connectivity index (χ4v) is 4.07. The Morgan fingerprint density at radius 2 is 1.88 bits per heavy atom. The molecule has 1 aliphatic carbocycles. The lowest BCUT2D eigenvalue weighted by Crippen LogP contribution is -2.26. The first-order chi connectivity index (χ1) is 12.6. The number of ether oxygens (including phenoxy) is 1. The van der Waals surface area contributed by atoms with Crippen molar-refractivity contribution in [2.75, 3.05) is 30.3 Å². The Hall–Kier alpha value is -2.08. The van der Waals surface area contributed by atoms with Crippen LogP contribution in [0.1, 0.15) is 45.4 Å². The van der Waals surface area contributed by atoms with Gasteiger partial charge in [-0.2, -0.15) is 0 Å². The highest BCUT2D eigenvalue weighted by molar-refractivity contribution is 5.92. The molecule has 1 aromatic rings. The maximum atomic E-state index is 12.1. The van der Waals surface area contributed by atoms with Gasteiger partial charge in [0, 0.05) is 26.4 Å². The van der Waals surface area contributed by atoms with Gasteiger partial charge in [-0.1, -0.05) is 25.0 Å². The maximum absolute atomic E-state index is 12.1. The van der Waals surface area contributed by atoms with Gasteiger partial charge in [-0.05, 0) is 37.9 Å². The Morgan fingerprint density at radius 1 is 1.15 bits per heavy atom. The molecule has 1 saturated heterocycles. The normalized spacial score (nSPS) is 21.0. The van der Waals surface area contributed by atoms with E-state index in [2.05, 4.69) is 16.0 Å². The predicted octanol–water partition coefficient (Wildman–Crippen LogP) is 2.91. The summed E-state index contributed by atoms with van der Waals surface area (Å²) in [6, 6.07) is 7.66. The van der Waals surface area contributed by atoms with E-state index >= 15 is 0 Å². The van der Waals surface area contributed by atoms with Crippen molar-refractivity contribution < 1.29 is 14.3 Å². The number of nitrogens with one attached hydrogen (secondary N) is 3. The van der Waals surface area contributed by atoms with Crippen LogP contribution in [-0.4, -0.2) is 37.6 Å². The fraction of sp³-hybridized carbons (Fsp3) is 0.600. The highest BCUT2D eigenvalue weighted by Gasteiger charge is 2.49. The number of amides is 1. The average Bonchev–Trinajstić information content (AvgIpc) is 3.20. The first-order valence-corrected chi connectivity index (χ1v) is 9.61. The van der Waals surface area contributed by atoms with Crippen LogP contribution in [0.25, 0.3) is 0 Å². The number of anilines is 2. The molecule has 0 bridgehead atoms. The Balaban J connectivity index is 1.33. The molecule has 26 heavy (non-hydrogen) atoms. The van der Waals surface area contributed by atoms with E-state index in [1.165, 1.54) is 6.92 Å². The minimum absolute atomic E-state index is 0.0382. The number of benzene rings is 1. The summed E-state index contributed by atoms with van der Waals surface area (Å²) in [7, 11) is 0. The smallest absolute Gasteiger partial charge is 0.312 e. The molecule has 1 heterocycles. The van der Waals surface area contributed by atoms with E-state index in [4.69, 9.17) is 4.74 Å². The van der Waals surface area contributed by atoms with Gasteiger partial charge in [-0.15, -0.1) is 0 Å². The van der Waals surface area contributed by atoms with E-state index in [9.17, 15) is 9.59 Å². The van der Waals surface area contributed by atoms with Gasteiger partial charge in [0.15, 0.2) is 0 Å². The second-order valence-electron chi connectivity index (χ2n) is 7.41. The second kappa shape index (κ2) is 8.54. The lowest BCUT2D eigenvalue weighted by atomic mass is 9.83. The molecule has 2 aliphatic rings. The van der Waals surface area contributed by atoms with Gasteiger partial charge in [-0.25, -0.2) is 0 Å². The van der Waals surface area contributed by atoms with E-state index in [0.717, 1.165) is 69.5 Å². The van der Waals surface area contributed by atoms with Crippen LogP contribution in [0.2, 0.25) is 0 Å². The van der Waals surface area contributed by atoms with Crippen molar-refractivity contribution in [1.29, 1.82) is 0 Å². The van der Waals surface area contributed by atoms with E-state index < -0.39 is 0 Å². The first-order valence-electron chi connectivity index (χ1n) is 9.61. The topological polar surface area (TPSA) is 79.5 Å². The van der Waals surface area contributed by atoms with E-state index in [-0.39, 0.29) is 23.4 Å². The minimum atomic E-state index is -0.153. The number of cyclic esters (lactones) is 1. The summed E-state index contributed by atoms with van der Waals surface area (Å²) in [6.45, 7) is 3.90. The second-order valence-corrected chi connectivity index (χ2v) is 7.41. The SMILES string of the molecule is CC(=O)Nc1ccccc1NCCNCCC1CC2(CCCC2)C(=O)O1. The van der Waals surface area contributed by atoms with Crippen molar-refractivity contribution in [3.63, 3.8) is 0 Å². The van der Waals surface area contributed by atoms with Crippen LogP contribution < -0.4 is 16.0 Å². The highest BCUT2D eigenvalue weighted by atomic mass is 16.6. The largest absolute Gasteiger partial charge is 0.462 e. The van der Waals surface area contributed by atoms with Gasteiger partial charge in [0.2, 0.25) is 5.91 Å². The molecule has 142 valence electrons. The van der Waals surface area contributed by atoms with Crippen molar-refractivity contribution in [3.05, 3.63) is 24.3 Å². The number of rotatable bonds is 8. The molecule has 3 N–H and O–H groups in total. The summed E-state index contributed by atoms with van der Waals surface area (Å²) in [5, 5.41) is 9.55. The summed E-state index contributed by atoms with van der Waals surface area (Å²) in [4.78, 5) is 23.4. The van der Waals surface area contributed by atoms with Gasteiger partial charge >= 0.3 is 5.97 Å². The van der Waals surface area contributed by atoms with E-state index in [1.807, 2.05) is 24.3 Å². The summed E-state index contributed by atoms with van der Waals surface area (Å²) in [5.74, 6) is -0.0419. The lowest BCUT2D eigenvalue weighted by molar-refractivity contribution is -0.148. The third kappa shape index (κ3) is 4.55. The van der Waals surface area contributed by atoms with Crippen LogP contribution >= 0.6 is 0 Å². The molecule has 6 heteroatoms. The zero-order chi connectivity index (χ0) is 18.4. The maximum Gasteiger partial charge on any atom is 0.312 e. The summed E-state index contributed by atoms with van der Waals surface area (Å²) in [6.07, 6.45) is 6.17. The first kappa shape index (κ1) is 18.7. The lowest BCUT2D eigenvalue weighted by Gasteiger charge is -2.16. The van der Waals surface area contributed by atoms with Crippen LogP contribution in [0.3, 0.4) is 0 Å². The fourth-order valence-electron chi connectivity index (χ4n) is 4.07. The minimum Gasteiger partial charge on any atom is -0.462 e.